The molecule has 0 amide bonds. The Morgan fingerprint density at radius 3 is 2.58 bits per heavy atom. The molecule has 4 nitrogen and oxygen atoms in total. The van der Waals surface area contributed by atoms with Crippen LogP contribution in [0.25, 0.3) is 0 Å². The third-order valence-electron chi connectivity index (χ3n) is 5.66. The van der Waals surface area contributed by atoms with E-state index in [1.165, 1.54) is 44.3 Å². The number of aliphatic imine (C=N–C) groups is 1. The van der Waals surface area contributed by atoms with Crippen molar-refractivity contribution in [2.75, 3.05) is 33.2 Å². The van der Waals surface area contributed by atoms with Crippen LogP contribution in [0.2, 0.25) is 0 Å². The molecule has 24 heavy (non-hydrogen) atoms. The molecule has 132 valence electrons. The summed E-state index contributed by atoms with van der Waals surface area (Å²) in [6.07, 6.45) is 5.27. The van der Waals surface area contributed by atoms with Gasteiger partial charge in [-0.1, -0.05) is 30.3 Å². The number of hydrogen-bond acceptors (Lipinski definition) is 2. The van der Waals surface area contributed by atoms with E-state index in [1.807, 2.05) is 7.05 Å². The standard InChI is InChI=1S/C19H28N4.HI/c1-20-19(21-18-13-17(18)15-7-3-2-4-8-15)23-12-9-16(14-23)22-10-5-6-11-22;/h2-4,7-8,16-18H,5-6,9-14H2,1H3,(H,20,21);1H. The normalized spacial score (nSPS) is 30.3. The summed E-state index contributed by atoms with van der Waals surface area (Å²) in [5, 5.41) is 3.70. The first-order valence-electron chi connectivity index (χ1n) is 9.12. The number of halogens is 1. The van der Waals surface area contributed by atoms with E-state index in [0.717, 1.165) is 25.1 Å². The Hall–Kier alpha value is -0.820. The number of hydrogen-bond donors (Lipinski definition) is 1. The van der Waals surface area contributed by atoms with Crippen LogP contribution in [0.1, 0.15) is 37.2 Å². The van der Waals surface area contributed by atoms with Crippen molar-refractivity contribution in [1.29, 1.82) is 0 Å². The first-order chi connectivity index (χ1) is 11.3. The summed E-state index contributed by atoms with van der Waals surface area (Å²) in [7, 11) is 1.92. The van der Waals surface area contributed by atoms with E-state index in [-0.39, 0.29) is 24.0 Å². The van der Waals surface area contributed by atoms with Crippen LogP contribution in [0.4, 0.5) is 0 Å². The van der Waals surface area contributed by atoms with Gasteiger partial charge in [0.2, 0.25) is 0 Å². The average Bonchev–Trinajstić information content (AvgIpc) is 2.99. The lowest BCUT2D eigenvalue weighted by Crippen LogP contribution is -2.43. The Kier molecular flexibility index (Phi) is 6.02. The van der Waals surface area contributed by atoms with E-state index < -0.39 is 0 Å². The van der Waals surface area contributed by atoms with E-state index in [0.29, 0.717) is 12.0 Å². The molecule has 0 radical (unpaired) electrons. The summed E-state index contributed by atoms with van der Waals surface area (Å²) in [5.74, 6) is 1.76. The molecule has 3 fully saturated rings. The molecule has 0 bridgehead atoms. The molecule has 4 rings (SSSR count). The molecule has 2 heterocycles. The van der Waals surface area contributed by atoms with Crippen molar-refractivity contribution in [3.63, 3.8) is 0 Å². The zero-order valence-corrected chi connectivity index (χ0v) is 16.9. The molecule has 3 unspecified atom stereocenters. The lowest BCUT2D eigenvalue weighted by Gasteiger charge is -2.25. The van der Waals surface area contributed by atoms with Gasteiger partial charge in [0.1, 0.15) is 0 Å². The predicted molar refractivity (Wildman–Crippen MR) is 110 cm³/mol. The smallest absolute Gasteiger partial charge is 0.193 e. The van der Waals surface area contributed by atoms with Crippen LogP contribution in [0.5, 0.6) is 0 Å². The zero-order valence-electron chi connectivity index (χ0n) is 14.5. The second-order valence-electron chi connectivity index (χ2n) is 7.18. The van der Waals surface area contributed by atoms with Crippen molar-refractivity contribution >= 4 is 29.9 Å². The van der Waals surface area contributed by atoms with Gasteiger partial charge in [-0.25, -0.2) is 0 Å². The average molecular weight is 440 g/mol. The minimum absolute atomic E-state index is 0. The van der Waals surface area contributed by atoms with Gasteiger partial charge >= 0.3 is 0 Å². The highest BCUT2D eigenvalue weighted by molar-refractivity contribution is 14.0. The molecular formula is C19H29IN4. The molecule has 0 aromatic heterocycles. The Balaban J connectivity index is 0.00000169. The monoisotopic (exact) mass is 440 g/mol. The molecule has 3 atom stereocenters. The van der Waals surface area contributed by atoms with E-state index in [9.17, 15) is 0 Å². The van der Waals surface area contributed by atoms with Crippen molar-refractivity contribution in [2.24, 2.45) is 4.99 Å². The van der Waals surface area contributed by atoms with Crippen molar-refractivity contribution in [2.45, 2.75) is 43.7 Å². The van der Waals surface area contributed by atoms with Crippen LogP contribution < -0.4 is 5.32 Å². The van der Waals surface area contributed by atoms with Gasteiger partial charge in [0, 0.05) is 38.1 Å². The zero-order chi connectivity index (χ0) is 15.6. The number of rotatable bonds is 3. The minimum Gasteiger partial charge on any atom is -0.353 e. The largest absolute Gasteiger partial charge is 0.353 e. The Morgan fingerprint density at radius 1 is 1.12 bits per heavy atom. The van der Waals surface area contributed by atoms with Gasteiger partial charge in [-0.05, 0) is 44.3 Å². The first kappa shape index (κ1) is 18.0. The van der Waals surface area contributed by atoms with E-state index >= 15 is 0 Å². The molecular weight excluding hydrogens is 411 g/mol. The maximum absolute atomic E-state index is 4.55. The third-order valence-corrected chi connectivity index (χ3v) is 5.66. The Morgan fingerprint density at radius 2 is 1.88 bits per heavy atom. The van der Waals surface area contributed by atoms with Gasteiger partial charge in [-0.2, -0.15) is 0 Å². The fourth-order valence-corrected chi connectivity index (χ4v) is 4.23. The van der Waals surface area contributed by atoms with Crippen molar-refractivity contribution in [1.82, 2.24) is 15.1 Å². The van der Waals surface area contributed by atoms with Crippen molar-refractivity contribution in [3.8, 4) is 0 Å². The number of guanidine groups is 1. The maximum atomic E-state index is 4.55. The van der Waals surface area contributed by atoms with Crippen LogP contribution in [-0.4, -0.2) is 61.1 Å². The van der Waals surface area contributed by atoms with E-state index in [2.05, 4.69) is 50.4 Å². The summed E-state index contributed by atoms with van der Waals surface area (Å²) in [4.78, 5) is 9.69. The molecule has 2 aliphatic heterocycles. The van der Waals surface area contributed by atoms with Gasteiger partial charge in [0.15, 0.2) is 5.96 Å². The fourth-order valence-electron chi connectivity index (χ4n) is 4.23. The summed E-state index contributed by atoms with van der Waals surface area (Å²) in [6.45, 7) is 4.87. The fraction of sp³-hybridized carbons (Fsp3) is 0.632. The van der Waals surface area contributed by atoms with Crippen LogP contribution in [0, 0.1) is 0 Å². The number of nitrogens with zero attached hydrogens (tertiary/aromatic N) is 3. The molecule has 2 saturated heterocycles. The quantitative estimate of drug-likeness (QED) is 0.446. The first-order valence-corrected chi connectivity index (χ1v) is 9.12. The molecule has 1 saturated carbocycles. The molecule has 1 N–H and O–H groups in total. The molecule has 3 aliphatic rings. The molecule has 0 spiro atoms. The van der Waals surface area contributed by atoms with Crippen molar-refractivity contribution < 1.29 is 0 Å². The third kappa shape index (κ3) is 3.87. The number of likely N-dealkylation sites (tertiary alicyclic amines) is 2. The highest BCUT2D eigenvalue weighted by Gasteiger charge is 2.40. The van der Waals surface area contributed by atoms with Crippen LogP contribution in [0.15, 0.2) is 35.3 Å². The van der Waals surface area contributed by atoms with Gasteiger partial charge in [-0.3, -0.25) is 9.89 Å². The highest BCUT2D eigenvalue weighted by Crippen LogP contribution is 2.40. The van der Waals surface area contributed by atoms with E-state index in [4.69, 9.17) is 0 Å². The SMILES string of the molecule is CN=C(NC1CC1c1ccccc1)N1CCC(N2CCCC2)C1.I. The number of benzene rings is 1. The lowest BCUT2D eigenvalue weighted by molar-refractivity contribution is 0.249. The Labute approximate surface area is 162 Å². The highest BCUT2D eigenvalue weighted by atomic mass is 127. The molecule has 1 aromatic rings. The summed E-state index contributed by atoms with van der Waals surface area (Å²) in [6, 6.07) is 12.2. The summed E-state index contributed by atoms with van der Waals surface area (Å²) in [5.41, 5.74) is 1.46. The van der Waals surface area contributed by atoms with Crippen LogP contribution >= 0.6 is 24.0 Å². The molecule has 1 aromatic carbocycles. The Bertz CT molecular complexity index is 556. The topological polar surface area (TPSA) is 30.9 Å². The predicted octanol–water partition coefficient (Wildman–Crippen LogP) is 2.91. The van der Waals surface area contributed by atoms with E-state index in [1.54, 1.807) is 0 Å². The number of nitrogens with one attached hydrogen (secondary N) is 1. The van der Waals surface area contributed by atoms with Gasteiger partial charge < -0.3 is 10.2 Å². The van der Waals surface area contributed by atoms with Gasteiger partial charge in [0.05, 0.1) is 0 Å². The van der Waals surface area contributed by atoms with Crippen LogP contribution in [-0.2, 0) is 0 Å². The maximum Gasteiger partial charge on any atom is 0.193 e. The molecule has 1 aliphatic carbocycles. The van der Waals surface area contributed by atoms with Gasteiger partial charge in [0.25, 0.3) is 0 Å². The summed E-state index contributed by atoms with van der Waals surface area (Å²) < 4.78 is 0. The summed E-state index contributed by atoms with van der Waals surface area (Å²) >= 11 is 0. The second-order valence-corrected chi connectivity index (χ2v) is 7.18. The van der Waals surface area contributed by atoms with Crippen molar-refractivity contribution in [3.05, 3.63) is 35.9 Å². The van der Waals surface area contributed by atoms with Crippen LogP contribution in [0.3, 0.4) is 0 Å². The molecule has 5 heteroatoms. The van der Waals surface area contributed by atoms with Gasteiger partial charge in [-0.15, -0.1) is 24.0 Å². The lowest BCUT2D eigenvalue weighted by atomic mass is 10.1. The minimum atomic E-state index is 0. The second kappa shape index (κ2) is 8.04.